The van der Waals surface area contributed by atoms with Crippen molar-refractivity contribution in [1.82, 2.24) is 15.2 Å². The van der Waals surface area contributed by atoms with Gasteiger partial charge in [0.15, 0.2) is 0 Å². The lowest BCUT2D eigenvalue weighted by Crippen LogP contribution is -2.44. The molecule has 1 saturated heterocycles. The van der Waals surface area contributed by atoms with E-state index in [2.05, 4.69) is 21.3 Å². The van der Waals surface area contributed by atoms with Crippen molar-refractivity contribution in [3.63, 3.8) is 0 Å². The zero-order chi connectivity index (χ0) is 16.8. The Hall–Kier alpha value is -1.82. The number of hydrogen-bond acceptors (Lipinski definition) is 4. The van der Waals surface area contributed by atoms with Gasteiger partial charge in [0, 0.05) is 38.9 Å². The molecule has 132 valence electrons. The molecule has 0 bridgehead atoms. The first kappa shape index (κ1) is 17.0. The van der Waals surface area contributed by atoms with Crippen LogP contribution in [0.15, 0.2) is 18.3 Å². The molecule has 0 spiro atoms. The van der Waals surface area contributed by atoms with Gasteiger partial charge in [-0.25, -0.2) is 9.78 Å². The second-order valence-electron chi connectivity index (χ2n) is 6.68. The molecule has 1 saturated carbocycles. The first-order chi connectivity index (χ1) is 11.7. The molecule has 1 aromatic heterocycles. The van der Waals surface area contributed by atoms with E-state index in [9.17, 15) is 4.79 Å². The molecule has 1 N–H and O–H groups in total. The molecule has 24 heavy (non-hydrogen) atoms. The number of ether oxygens (including phenoxy) is 1. The summed E-state index contributed by atoms with van der Waals surface area (Å²) in [6.45, 7) is 3.76. The Labute approximate surface area is 144 Å². The molecule has 2 amide bonds. The van der Waals surface area contributed by atoms with Gasteiger partial charge in [-0.1, -0.05) is 19.3 Å². The number of carbonyl (C=O) groups is 1. The Morgan fingerprint density at radius 2 is 2.08 bits per heavy atom. The Bertz CT molecular complexity index is 540. The molecular weight excluding hydrogens is 304 g/mol. The van der Waals surface area contributed by atoms with Crippen LogP contribution in [0.1, 0.15) is 37.7 Å². The van der Waals surface area contributed by atoms with Gasteiger partial charge in [-0.3, -0.25) is 0 Å². The first-order valence-corrected chi connectivity index (χ1v) is 9.02. The van der Waals surface area contributed by atoms with E-state index in [1.165, 1.54) is 19.3 Å². The van der Waals surface area contributed by atoms with Gasteiger partial charge in [-0.15, -0.1) is 0 Å². The number of anilines is 1. The van der Waals surface area contributed by atoms with Gasteiger partial charge in [0.1, 0.15) is 5.82 Å². The van der Waals surface area contributed by atoms with E-state index in [0.29, 0.717) is 12.6 Å². The molecule has 2 fully saturated rings. The molecule has 2 aliphatic rings. The molecule has 0 atom stereocenters. The minimum absolute atomic E-state index is 0.0200. The molecule has 0 aromatic carbocycles. The van der Waals surface area contributed by atoms with Crippen molar-refractivity contribution in [2.75, 3.05) is 38.3 Å². The highest BCUT2D eigenvalue weighted by Gasteiger charge is 2.21. The lowest BCUT2D eigenvalue weighted by Gasteiger charge is -2.31. The maximum absolute atomic E-state index is 12.4. The van der Waals surface area contributed by atoms with Crippen molar-refractivity contribution < 1.29 is 9.53 Å². The van der Waals surface area contributed by atoms with Crippen molar-refractivity contribution in [1.29, 1.82) is 0 Å². The van der Waals surface area contributed by atoms with Crippen LogP contribution in [0, 0.1) is 0 Å². The Balaban J connectivity index is 1.53. The van der Waals surface area contributed by atoms with Crippen molar-refractivity contribution >= 4 is 11.8 Å². The van der Waals surface area contributed by atoms with E-state index in [1.54, 1.807) is 0 Å². The summed E-state index contributed by atoms with van der Waals surface area (Å²) in [7, 11) is 1.91. The summed E-state index contributed by atoms with van der Waals surface area (Å²) >= 11 is 0. The minimum Gasteiger partial charge on any atom is -0.378 e. The van der Waals surface area contributed by atoms with E-state index in [4.69, 9.17) is 4.74 Å². The highest BCUT2D eigenvalue weighted by atomic mass is 16.5. The SMILES string of the molecule is CN(C(=O)NCc1ccnc(N2CCOCC2)c1)C1CCCCC1. The fraction of sp³-hybridized carbons (Fsp3) is 0.667. The van der Waals surface area contributed by atoms with Crippen LogP contribution in [-0.2, 0) is 11.3 Å². The number of carbonyl (C=O) groups excluding carboxylic acids is 1. The average molecular weight is 332 g/mol. The van der Waals surface area contributed by atoms with Gasteiger partial charge in [0.2, 0.25) is 0 Å². The maximum atomic E-state index is 12.4. The van der Waals surface area contributed by atoms with Crippen LogP contribution in [0.25, 0.3) is 0 Å². The largest absolute Gasteiger partial charge is 0.378 e. The molecule has 0 radical (unpaired) electrons. The topological polar surface area (TPSA) is 57.7 Å². The normalized spacial score (nSPS) is 19.1. The van der Waals surface area contributed by atoms with E-state index >= 15 is 0 Å². The zero-order valence-corrected chi connectivity index (χ0v) is 14.5. The number of nitrogens with one attached hydrogen (secondary N) is 1. The third-order valence-electron chi connectivity index (χ3n) is 5.03. The monoisotopic (exact) mass is 332 g/mol. The van der Waals surface area contributed by atoms with E-state index in [-0.39, 0.29) is 6.03 Å². The number of aromatic nitrogens is 1. The molecule has 1 aromatic rings. The van der Waals surface area contributed by atoms with Gasteiger partial charge in [-0.2, -0.15) is 0 Å². The first-order valence-electron chi connectivity index (χ1n) is 9.02. The molecule has 6 nitrogen and oxygen atoms in total. The number of nitrogens with zero attached hydrogens (tertiary/aromatic N) is 3. The standard InChI is InChI=1S/C18H28N4O2/c1-21(16-5-3-2-4-6-16)18(23)20-14-15-7-8-19-17(13-15)22-9-11-24-12-10-22/h7-8,13,16H,2-6,9-12,14H2,1H3,(H,20,23). The van der Waals surface area contributed by atoms with Crippen LogP contribution < -0.4 is 10.2 Å². The van der Waals surface area contributed by atoms with Gasteiger partial charge in [0.25, 0.3) is 0 Å². The summed E-state index contributed by atoms with van der Waals surface area (Å²) in [5.41, 5.74) is 1.08. The Morgan fingerprint density at radius 1 is 1.33 bits per heavy atom. The molecule has 0 unspecified atom stereocenters. The fourth-order valence-electron chi connectivity index (χ4n) is 3.47. The maximum Gasteiger partial charge on any atom is 0.317 e. The second-order valence-corrected chi connectivity index (χ2v) is 6.68. The van der Waals surface area contributed by atoms with Gasteiger partial charge in [0.05, 0.1) is 13.2 Å². The van der Waals surface area contributed by atoms with Crippen LogP contribution in [0.2, 0.25) is 0 Å². The van der Waals surface area contributed by atoms with Gasteiger partial charge < -0.3 is 19.9 Å². The molecule has 6 heteroatoms. The Kier molecular flexibility index (Phi) is 5.91. The number of rotatable bonds is 4. The quantitative estimate of drug-likeness (QED) is 0.920. The fourth-order valence-corrected chi connectivity index (χ4v) is 3.47. The molecule has 3 rings (SSSR count). The number of morpholine rings is 1. The van der Waals surface area contributed by atoms with Crippen molar-refractivity contribution in [2.24, 2.45) is 0 Å². The summed E-state index contributed by atoms with van der Waals surface area (Å²) in [6.07, 6.45) is 7.83. The summed E-state index contributed by atoms with van der Waals surface area (Å²) in [6, 6.07) is 4.43. The summed E-state index contributed by atoms with van der Waals surface area (Å²) in [5, 5.41) is 3.04. The summed E-state index contributed by atoms with van der Waals surface area (Å²) in [4.78, 5) is 20.9. The number of urea groups is 1. The van der Waals surface area contributed by atoms with Crippen LogP contribution in [0.4, 0.5) is 10.6 Å². The van der Waals surface area contributed by atoms with Crippen molar-refractivity contribution in [3.8, 4) is 0 Å². The van der Waals surface area contributed by atoms with Crippen molar-refractivity contribution in [2.45, 2.75) is 44.7 Å². The highest BCUT2D eigenvalue weighted by molar-refractivity contribution is 5.74. The lowest BCUT2D eigenvalue weighted by atomic mass is 9.95. The van der Waals surface area contributed by atoms with E-state index in [0.717, 1.165) is 50.5 Å². The molecule has 1 aliphatic heterocycles. The second kappa shape index (κ2) is 8.33. The number of hydrogen-bond donors (Lipinski definition) is 1. The Morgan fingerprint density at radius 3 is 2.83 bits per heavy atom. The van der Waals surface area contributed by atoms with Crippen LogP contribution in [0.3, 0.4) is 0 Å². The molecule has 1 aliphatic carbocycles. The van der Waals surface area contributed by atoms with Gasteiger partial charge in [-0.05, 0) is 30.5 Å². The molecular formula is C18H28N4O2. The number of amides is 2. The highest BCUT2D eigenvalue weighted by Crippen LogP contribution is 2.21. The summed E-state index contributed by atoms with van der Waals surface area (Å²) in [5.74, 6) is 0.964. The molecule has 2 heterocycles. The smallest absolute Gasteiger partial charge is 0.317 e. The van der Waals surface area contributed by atoms with Crippen LogP contribution in [0.5, 0.6) is 0 Å². The van der Waals surface area contributed by atoms with Crippen LogP contribution in [-0.4, -0.2) is 55.3 Å². The van der Waals surface area contributed by atoms with E-state index < -0.39 is 0 Å². The average Bonchev–Trinajstić information content (AvgIpc) is 2.67. The third-order valence-corrected chi connectivity index (χ3v) is 5.03. The van der Waals surface area contributed by atoms with Crippen LogP contribution >= 0.6 is 0 Å². The zero-order valence-electron chi connectivity index (χ0n) is 14.5. The van der Waals surface area contributed by atoms with Gasteiger partial charge >= 0.3 is 6.03 Å². The third kappa shape index (κ3) is 4.38. The van der Waals surface area contributed by atoms with E-state index in [1.807, 2.05) is 24.2 Å². The predicted octanol–water partition coefficient (Wildman–Crippen LogP) is 2.39. The minimum atomic E-state index is 0.0200. The van der Waals surface area contributed by atoms with Crippen molar-refractivity contribution in [3.05, 3.63) is 23.9 Å². The predicted molar refractivity (Wildman–Crippen MR) is 94.1 cm³/mol. The lowest BCUT2D eigenvalue weighted by molar-refractivity contribution is 0.122. The summed E-state index contributed by atoms with van der Waals surface area (Å²) < 4.78 is 5.38. The number of pyridine rings is 1.